The molecule has 8 heteroatoms. The summed E-state index contributed by atoms with van der Waals surface area (Å²) in [7, 11) is 3.69. The zero-order valence-corrected chi connectivity index (χ0v) is 18.3. The van der Waals surface area contributed by atoms with Crippen LogP contribution in [-0.2, 0) is 9.59 Å². The average Bonchev–Trinajstić information content (AvgIpc) is 2.75. The van der Waals surface area contributed by atoms with Gasteiger partial charge in [-0.05, 0) is 74.5 Å². The molecule has 1 amide bonds. The third kappa shape index (κ3) is 6.61. The Morgan fingerprint density at radius 3 is 1.82 bits per heavy atom. The molecule has 3 rings (SSSR count). The molecule has 0 atom stereocenters. The molecule has 0 bridgehead atoms. The first kappa shape index (κ1) is 24.4. The minimum atomic E-state index is -1.04. The Hall–Kier alpha value is -3.26. The lowest BCUT2D eigenvalue weighted by Crippen LogP contribution is -2.40. The number of rotatable bonds is 6. The van der Waals surface area contributed by atoms with Crippen molar-refractivity contribution in [2.45, 2.75) is 25.3 Å². The van der Waals surface area contributed by atoms with Crippen molar-refractivity contribution in [1.29, 1.82) is 0 Å². The molecule has 1 aliphatic rings. The van der Waals surface area contributed by atoms with Gasteiger partial charge in [-0.25, -0.2) is 17.6 Å². The number of carbonyl (C=O) groups excluding carboxylic acids is 2. The SMILES string of the molecule is CN(C)CCC(=O)NC1CC(=Cc2ccc(F)c(F)c2)C(=O)C(=Cc2ccc(F)c(F)c2)C1. The van der Waals surface area contributed by atoms with E-state index in [0.717, 1.165) is 24.3 Å². The Kier molecular flexibility index (Phi) is 7.81. The van der Waals surface area contributed by atoms with Crippen LogP contribution in [-0.4, -0.2) is 43.3 Å². The highest BCUT2D eigenvalue weighted by molar-refractivity contribution is 6.14. The Balaban J connectivity index is 1.92. The quantitative estimate of drug-likeness (QED) is 0.510. The van der Waals surface area contributed by atoms with Crippen LogP contribution in [0.4, 0.5) is 17.6 Å². The number of Topliss-reactive ketones (excluding diaryl/α,β-unsaturated/α-hetero) is 1. The summed E-state index contributed by atoms with van der Waals surface area (Å²) in [4.78, 5) is 27.3. The average molecular weight is 460 g/mol. The van der Waals surface area contributed by atoms with E-state index >= 15 is 0 Å². The number of nitrogens with one attached hydrogen (secondary N) is 1. The molecule has 4 nitrogen and oxygen atoms in total. The van der Waals surface area contributed by atoms with Gasteiger partial charge in [0.15, 0.2) is 29.1 Å². The summed E-state index contributed by atoms with van der Waals surface area (Å²) < 4.78 is 53.8. The van der Waals surface area contributed by atoms with Gasteiger partial charge in [-0.3, -0.25) is 9.59 Å². The molecule has 2 aromatic rings. The van der Waals surface area contributed by atoms with Crippen LogP contribution in [0.1, 0.15) is 30.4 Å². The zero-order chi connectivity index (χ0) is 24.1. The van der Waals surface area contributed by atoms with E-state index in [1.54, 1.807) is 0 Å². The lowest BCUT2D eigenvalue weighted by Gasteiger charge is -2.27. The van der Waals surface area contributed by atoms with Gasteiger partial charge < -0.3 is 10.2 Å². The number of hydrogen-bond acceptors (Lipinski definition) is 3. The first-order valence-electron chi connectivity index (χ1n) is 10.4. The smallest absolute Gasteiger partial charge is 0.221 e. The molecule has 0 spiro atoms. The first-order valence-corrected chi connectivity index (χ1v) is 10.4. The third-order valence-electron chi connectivity index (χ3n) is 5.24. The third-order valence-corrected chi connectivity index (χ3v) is 5.24. The fraction of sp³-hybridized carbons (Fsp3) is 0.280. The van der Waals surface area contributed by atoms with E-state index in [4.69, 9.17) is 0 Å². The molecule has 0 radical (unpaired) electrons. The predicted octanol–water partition coefficient (Wildman–Crippen LogP) is 4.51. The summed E-state index contributed by atoms with van der Waals surface area (Å²) in [6.45, 7) is 0.548. The van der Waals surface area contributed by atoms with Gasteiger partial charge in [0.1, 0.15) is 0 Å². The fourth-order valence-electron chi connectivity index (χ4n) is 3.58. The highest BCUT2D eigenvalue weighted by atomic mass is 19.2. The van der Waals surface area contributed by atoms with Crippen LogP contribution in [0.25, 0.3) is 12.2 Å². The molecule has 1 N–H and O–H groups in total. The normalized spacial score (nSPS) is 18.9. The molecule has 33 heavy (non-hydrogen) atoms. The Morgan fingerprint density at radius 2 is 1.39 bits per heavy atom. The Labute approximate surface area is 189 Å². The van der Waals surface area contributed by atoms with E-state index in [1.807, 2.05) is 19.0 Å². The summed E-state index contributed by atoms with van der Waals surface area (Å²) >= 11 is 0. The van der Waals surface area contributed by atoms with Crippen LogP contribution in [0.3, 0.4) is 0 Å². The number of hydrogen-bond donors (Lipinski definition) is 1. The van der Waals surface area contributed by atoms with Crippen LogP contribution < -0.4 is 5.32 Å². The maximum Gasteiger partial charge on any atom is 0.221 e. The lowest BCUT2D eigenvalue weighted by molar-refractivity contribution is -0.122. The number of halogens is 4. The van der Waals surface area contributed by atoms with Crippen molar-refractivity contribution in [2.24, 2.45) is 0 Å². The number of amides is 1. The largest absolute Gasteiger partial charge is 0.353 e. The van der Waals surface area contributed by atoms with Gasteiger partial charge in [-0.2, -0.15) is 0 Å². The van der Waals surface area contributed by atoms with Crippen LogP contribution in [0, 0.1) is 23.3 Å². The summed E-state index contributed by atoms with van der Waals surface area (Å²) in [5.41, 5.74) is 1.17. The Bertz CT molecular complexity index is 1050. The first-order chi connectivity index (χ1) is 15.6. The van der Waals surface area contributed by atoms with E-state index in [-0.39, 0.29) is 31.0 Å². The summed E-state index contributed by atoms with van der Waals surface area (Å²) in [6, 6.07) is 6.15. The number of benzene rings is 2. The van der Waals surface area contributed by atoms with Crippen molar-refractivity contribution >= 4 is 23.8 Å². The van der Waals surface area contributed by atoms with Gasteiger partial charge in [-0.15, -0.1) is 0 Å². The minimum Gasteiger partial charge on any atom is -0.353 e. The molecule has 0 saturated heterocycles. The van der Waals surface area contributed by atoms with Crippen molar-refractivity contribution in [3.05, 3.63) is 81.9 Å². The number of nitrogens with zero attached hydrogens (tertiary/aromatic N) is 1. The second-order valence-corrected chi connectivity index (χ2v) is 8.24. The molecule has 1 saturated carbocycles. The van der Waals surface area contributed by atoms with Gasteiger partial charge in [0.25, 0.3) is 0 Å². The van der Waals surface area contributed by atoms with Gasteiger partial charge >= 0.3 is 0 Å². The van der Waals surface area contributed by atoms with Crippen LogP contribution in [0.2, 0.25) is 0 Å². The Morgan fingerprint density at radius 1 is 0.909 bits per heavy atom. The van der Waals surface area contributed by atoms with Crippen LogP contribution in [0.5, 0.6) is 0 Å². The molecule has 0 aromatic heterocycles. The summed E-state index contributed by atoms with van der Waals surface area (Å²) in [6.07, 6.45) is 3.55. The highest BCUT2D eigenvalue weighted by Gasteiger charge is 2.29. The fourth-order valence-corrected chi connectivity index (χ4v) is 3.58. The molecular formula is C25H24F4N2O2. The summed E-state index contributed by atoms with van der Waals surface area (Å²) in [5, 5.41) is 2.90. The predicted molar refractivity (Wildman–Crippen MR) is 118 cm³/mol. The maximum atomic E-state index is 13.6. The van der Waals surface area contributed by atoms with Crippen molar-refractivity contribution < 1.29 is 27.2 Å². The van der Waals surface area contributed by atoms with Crippen molar-refractivity contribution in [2.75, 3.05) is 20.6 Å². The second kappa shape index (κ2) is 10.6. The van der Waals surface area contributed by atoms with Crippen molar-refractivity contribution in [1.82, 2.24) is 10.2 Å². The number of ketones is 1. The van der Waals surface area contributed by atoms with E-state index in [1.165, 1.54) is 24.3 Å². The summed E-state index contributed by atoms with van der Waals surface area (Å²) in [5.74, 6) is -4.64. The standard InChI is InChI=1S/C25H24F4N2O2/c1-31(2)8-7-24(32)30-19-13-17(9-15-3-5-20(26)22(28)11-15)25(33)18(14-19)10-16-4-6-21(27)23(29)12-16/h3-6,9-12,19H,7-8,13-14H2,1-2H3,(H,30,32). The van der Waals surface area contributed by atoms with E-state index < -0.39 is 29.3 Å². The van der Waals surface area contributed by atoms with Crippen molar-refractivity contribution in [3.8, 4) is 0 Å². The van der Waals surface area contributed by atoms with Gasteiger partial charge in [0.05, 0.1) is 0 Å². The molecule has 0 aliphatic heterocycles. The van der Waals surface area contributed by atoms with Crippen molar-refractivity contribution in [3.63, 3.8) is 0 Å². The molecule has 174 valence electrons. The van der Waals surface area contributed by atoms with E-state index in [9.17, 15) is 27.2 Å². The van der Waals surface area contributed by atoms with Crippen LogP contribution in [0.15, 0.2) is 47.5 Å². The van der Waals surface area contributed by atoms with E-state index in [2.05, 4.69) is 5.32 Å². The maximum absolute atomic E-state index is 13.6. The molecular weight excluding hydrogens is 436 g/mol. The second-order valence-electron chi connectivity index (χ2n) is 8.24. The molecule has 2 aromatic carbocycles. The van der Waals surface area contributed by atoms with Crippen LogP contribution >= 0.6 is 0 Å². The van der Waals surface area contributed by atoms with Gasteiger partial charge in [0.2, 0.25) is 5.91 Å². The molecule has 1 fully saturated rings. The van der Waals surface area contributed by atoms with E-state index in [0.29, 0.717) is 28.8 Å². The number of carbonyl (C=O) groups is 2. The topological polar surface area (TPSA) is 49.4 Å². The molecule has 0 heterocycles. The lowest BCUT2D eigenvalue weighted by atomic mass is 9.83. The van der Waals surface area contributed by atoms with Gasteiger partial charge in [0, 0.05) is 30.2 Å². The van der Waals surface area contributed by atoms with Gasteiger partial charge in [-0.1, -0.05) is 12.1 Å². The molecule has 0 unspecified atom stereocenters. The monoisotopic (exact) mass is 460 g/mol. The zero-order valence-electron chi connectivity index (χ0n) is 18.3. The minimum absolute atomic E-state index is 0.192. The molecule has 1 aliphatic carbocycles. The highest BCUT2D eigenvalue weighted by Crippen LogP contribution is 2.29.